The molecule has 0 bridgehead atoms. The van der Waals surface area contributed by atoms with Gasteiger partial charge in [0.05, 0.1) is 22.9 Å². The minimum Gasteiger partial charge on any atom is -0.340 e. The molecule has 140 valence electrons. The quantitative estimate of drug-likeness (QED) is 0.429. The molecule has 5 aromatic rings. The minimum absolute atomic E-state index is 0.539. The predicted octanol–water partition coefficient (Wildman–Crippen LogP) is 4.96. The average molecular weight is 382 g/mol. The van der Waals surface area contributed by atoms with Crippen molar-refractivity contribution in [3.8, 4) is 22.6 Å². The molecule has 0 saturated carbocycles. The Kier molecular flexibility index (Phi) is 4.18. The van der Waals surface area contributed by atoms with Crippen LogP contribution in [0.5, 0.6) is 0 Å². The molecule has 0 fully saturated rings. The Balaban J connectivity index is 1.39. The van der Waals surface area contributed by atoms with Crippen molar-refractivity contribution in [1.29, 1.82) is 0 Å². The fraction of sp³-hybridized carbons (Fsp3) is 0. The normalized spacial score (nSPS) is 10.9. The molecule has 0 spiro atoms. The van der Waals surface area contributed by atoms with Crippen LogP contribution in [-0.4, -0.2) is 24.9 Å². The maximum absolute atomic E-state index is 13.3. The third kappa shape index (κ3) is 3.53. The van der Waals surface area contributed by atoms with Crippen LogP contribution in [0.3, 0.4) is 0 Å². The zero-order chi connectivity index (χ0) is 19.6. The molecule has 29 heavy (non-hydrogen) atoms. The third-order valence-corrected chi connectivity index (χ3v) is 4.47. The Morgan fingerprint density at radius 1 is 0.828 bits per heavy atom. The Morgan fingerprint density at radius 2 is 1.79 bits per heavy atom. The zero-order valence-corrected chi connectivity index (χ0v) is 15.2. The molecular weight excluding hydrogens is 367 g/mol. The number of imidazole rings is 1. The molecule has 1 aromatic carbocycles. The van der Waals surface area contributed by atoms with Crippen LogP contribution < -0.4 is 5.32 Å². The number of nitrogens with one attached hydrogen (secondary N) is 2. The van der Waals surface area contributed by atoms with Gasteiger partial charge in [-0.3, -0.25) is 4.98 Å². The number of halogens is 1. The van der Waals surface area contributed by atoms with Gasteiger partial charge in [0, 0.05) is 35.3 Å². The molecule has 4 aromatic heterocycles. The molecule has 5 rings (SSSR count). The van der Waals surface area contributed by atoms with Crippen LogP contribution in [-0.2, 0) is 0 Å². The van der Waals surface area contributed by atoms with Crippen molar-refractivity contribution in [2.45, 2.75) is 0 Å². The van der Waals surface area contributed by atoms with Crippen molar-refractivity contribution in [1.82, 2.24) is 24.9 Å². The standard InChI is InChI=1S/C22H15FN6/c23-20-11-18-19(13-25-20)29-22(28-18)14-4-3-5-16(10-14)27-21-8-7-15(12-26-21)17-6-1-2-9-24-17/h1-13H,(H,26,27)(H,28,29). The number of pyridine rings is 3. The Hall–Kier alpha value is -4.13. The van der Waals surface area contributed by atoms with E-state index in [0.717, 1.165) is 28.3 Å². The van der Waals surface area contributed by atoms with Crippen molar-refractivity contribution >= 4 is 22.5 Å². The number of nitrogens with zero attached hydrogens (tertiary/aromatic N) is 4. The van der Waals surface area contributed by atoms with Gasteiger partial charge in [0.1, 0.15) is 11.6 Å². The number of aromatic nitrogens is 5. The maximum Gasteiger partial charge on any atom is 0.215 e. The number of rotatable bonds is 4. The van der Waals surface area contributed by atoms with Crippen LogP contribution in [0.2, 0.25) is 0 Å². The van der Waals surface area contributed by atoms with Gasteiger partial charge in [0.25, 0.3) is 0 Å². The number of benzene rings is 1. The van der Waals surface area contributed by atoms with E-state index in [4.69, 9.17) is 0 Å². The second-order valence-electron chi connectivity index (χ2n) is 6.46. The first kappa shape index (κ1) is 17.0. The molecule has 4 heterocycles. The lowest BCUT2D eigenvalue weighted by molar-refractivity contribution is 0.586. The van der Waals surface area contributed by atoms with E-state index in [9.17, 15) is 4.39 Å². The van der Waals surface area contributed by atoms with E-state index in [-0.39, 0.29) is 0 Å². The lowest BCUT2D eigenvalue weighted by Gasteiger charge is -2.08. The second-order valence-corrected chi connectivity index (χ2v) is 6.46. The van der Waals surface area contributed by atoms with Crippen molar-refractivity contribution < 1.29 is 4.39 Å². The Bertz CT molecular complexity index is 1280. The van der Waals surface area contributed by atoms with Crippen molar-refractivity contribution in [2.24, 2.45) is 0 Å². The predicted molar refractivity (Wildman–Crippen MR) is 110 cm³/mol. The molecule has 0 aliphatic rings. The summed E-state index contributed by atoms with van der Waals surface area (Å²) in [6.07, 6.45) is 4.99. The number of fused-ring (bicyclic) bond motifs is 1. The molecule has 0 radical (unpaired) electrons. The monoisotopic (exact) mass is 382 g/mol. The summed E-state index contributed by atoms with van der Waals surface area (Å²) in [6, 6.07) is 18.7. The van der Waals surface area contributed by atoms with Gasteiger partial charge < -0.3 is 10.3 Å². The summed E-state index contributed by atoms with van der Waals surface area (Å²) in [5.74, 6) is 0.818. The summed E-state index contributed by atoms with van der Waals surface area (Å²) in [5.41, 5.74) is 4.80. The van der Waals surface area contributed by atoms with Crippen molar-refractivity contribution in [2.75, 3.05) is 5.32 Å². The van der Waals surface area contributed by atoms with Gasteiger partial charge in [0.2, 0.25) is 5.95 Å². The topological polar surface area (TPSA) is 79.4 Å². The smallest absolute Gasteiger partial charge is 0.215 e. The Morgan fingerprint density at radius 3 is 2.62 bits per heavy atom. The zero-order valence-electron chi connectivity index (χ0n) is 15.2. The van der Waals surface area contributed by atoms with Gasteiger partial charge in [-0.1, -0.05) is 18.2 Å². The van der Waals surface area contributed by atoms with E-state index in [1.807, 2.05) is 54.6 Å². The van der Waals surface area contributed by atoms with E-state index in [2.05, 4.69) is 30.2 Å². The third-order valence-electron chi connectivity index (χ3n) is 4.47. The second kappa shape index (κ2) is 7.12. The van der Waals surface area contributed by atoms with E-state index < -0.39 is 5.95 Å². The van der Waals surface area contributed by atoms with Gasteiger partial charge in [0.15, 0.2) is 0 Å². The largest absolute Gasteiger partial charge is 0.340 e. The highest BCUT2D eigenvalue weighted by Gasteiger charge is 2.08. The minimum atomic E-state index is -0.550. The fourth-order valence-electron chi connectivity index (χ4n) is 3.07. The van der Waals surface area contributed by atoms with E-state index >= 15 is 0 Å². The first-order valence-corrected chi connectivity index (χ1v) is 9.01. The summed E-state index contributed by atoms with van der Waals surface area (Å²) in [6.45, 7) is 0. The van der Waals surface area contributed by atoms with Crippen LogP contribution in [0.25, 0.3) is 33.7 Å². The number of hydrogen-bond acceptors (Lipinski definition) is 5. The van der Waals surface area contributed by atoms with Gasteiger partial charge in [-0.25, -0.2) is 15.0 Å². The molecule has 0 unspecified atom stereocenters. The van der Waals surface area contributed by atoms with Crippen LogP contribution in [0.4, 0.5) is 15.9 Å². The Labute approximate surface area is 165 Å². The maximum atomic E-state index is 13.3. The first-order chi connectivity index (χ1) is 14.2. The van der Waals surface area contributed by atoms with E-state index in [1.165, 1.54) is 12.3 Å². The highest BCUT2D eigenvalue weighted by molar-refractivity contribution is 5.79. The molecule has 0 aliphatic carbocycles. The summed E-state index contributed by atoms with van der Waals surface area (Å²) in [5, 5.41) is 3.29. The highest BCUT2D eigenvalue weighted by atomic mass is 19.1. The van der Waals surface area contributed by atoms with Crippen LogP contribution in [0.15, 0.2) is 79.3 Å². The lowest BCUT2D eigenvalue weighted by atomic mass is 10.2. The van der Waals surface area contributed by atoms with Gasteiger partial charge >= 0.3 is 0 Å². The van der Waals surface area contributed by atoms with Crippen molar-refractivity contribution in [3.63, 3.8) is 0 Å². The summed E-state index contributed by atoms with van der Waals surface area (Å²) in [4.78, 5) is 20.1. The molecular formula is C22H15FN6. The number of H-pyrrole nitrogens is 1. The molecule has 0 saturated heterocycles. The van der Waals surface area contributed by atoms with Crippen molar-refractivity contribution in [3.05, 3.63) is 85.2 Å². The van der Waals surface area contributed by atoms with Gasteiger partial charge in [-0.05, 0) is 36.4 Å². The molecule has 0 atom stereocenters. The van der Waals surface area contributed by atoms with Crippen LogP contribution in [0.1, 0.15) is 0 Å². The first-order valence-electron chi connectivity index (χ1n) is 9.01. The average Bonchev–Trinajstić information content (AvgIpc) is 3.18. The van der Waals surface area contributed by atoms with Gasteiger partial charge in [-0.15, -0.1) is 0 Å². The van der Waals surface area contributed by atoms with E-state index in [1.54, 1.807) is 12.4 Å². The van der Waals surface area contributed by atoms with Gasteiger partial charge in [-0.2, -0.15) is 4.39 Å². The van der Waals surface area contributed by atoms with E-state index in [0.29, 0.717) is 16.9 Å². The molecule has 2 N–H and O–H groups in total. The molecule has 0 aliphatic heterocycles. The molecule has 6 nitrogen and oxygen atoms in total. The SMILES string of the molecule is Fc1cc2nc(-c3cccc(Nc4ccc(-c5ccccn5)cn4)c3)[nH]c2cn1. The number of aromatic amines is 1. The lowest BCUT2D eigenvalue weighted by Crippen LogP contribution is -1.94. The summed E-state index contributed by atoms with van der Waals surface area (Å²) in [7, 11) is 0. The number of hydrogen-bond donors (Lipinski definition) is 2. The highest BCUT2D eigenvalue weighted by Crippen LogP contribution is 2.25. The summed E-state index contributed by atoms with van der Waals surface area (Å²) >= 11 is 0. The molecule has 0 amide bonds. The summed E-state index contributed by atoms with van der Waals surface area (Å²) < 4.78 is 13.3. The fourth-order valence-corrected chi connectivity index (χ4v) is 3.07. The molecule has 7 heteroatoms. The number of anilines is 2. The van der Waals surface area contributed by atoms with Crippen LogP contribution >= 0.6 is 0 Å². The van der Waals surface area contributed by atoms with Crippen LogP contribution in [0, 0.1) is 5.95 Å².